The Kier molecular flexibility index (Phi) is 5.22. The molecule has 0 amide bonds. The second-order valence-corrected chi connectivity index (χ2v) is 9.26. The van der Waals surface area contributed by atoms with Crippen LogP contribution in [-0.4, -0.2) is 6.54 Å². The van der Waals surface area contributed by atoms with Crippen LogP contribution in [0, 0.1) is 11.8 Å². The van der Waals surface area contributed by atoms with Crippen LogP contribution in [0.2, 0.25) is 0 Å². The van der Waals surface area contributed by atoms with Crippen molar-refractivity contribution < 1.29 is 0 Å². The number of aryl methyl sites for hydroxylation is 1. The summed E-state index contributed by atoms with van der Waals surface area (Å²) in [5.74, 6) is 1.96. The Bertz CT molecular complexity index is 434. The summed E-state index contributed by atoms with van der Waals surface area (Å²) in [6, 6.07) is 2.96. The summed E-state index contributed by atoms with van der Waals surface area (Å²) in [5.41, 5.74) is 1.57. The third-order valence-electron chi connectivity index (χ3n) is 5.16. The molecule has 0 aliphatic heterocycles. The first kappa shape index (κ1) is 15.1. The lowest BCUT2D eigenvalue weighted by atomic mass is 9.81. The van der Waals surface area contributed by atoms with Gasteiger partial charge in [0, 0.05) is 10.9 Å². The maximum atomic E-state index is 3.84. The van der Waals surface area contributed by atoms with E-state index in [0.29, 0.717) is 6.04 Å². The molecule has 2 aliphatic rings. The zero-order valence-electron chi connectivity index (χ0n) is 12.5. The first-order valence-corrected chi connectivity index (χ1v) is 9.85. The van der Waals surface area contributed by atoms with E-state index in [2.05, 4.69) is 34.2 Å². The van der Waals surface area contributed by atoms with Gasteiger partial charge >= 0.3 is 0 Å². The average Bonchev–Trinajstić information content (AvgIpc) is 2.82. The Hall–Kier alpha value is 0.140. The van der Waals surface area contributed by atoms with E-state index < -0.39 is 0 Å². The van der Waals surface area contributed by atoms with Crippen LogP contribution in [-0.2, 0) is 6.42 Å². The summed E-state index contributed by atoms with van der Waals surface area (Å²) in [7, 11) is 0. The van der Waals surface area contributed by atoms with Gasteiger partial charge in [-0.3, -0.25) is 0 Å². The Morgan fingerprint density at radius 3 is 2.85 bits per heavy atom. The van der Waals surface area contributed by atoms with Crippen LogP contribution in [0.25, 0.3) is 0 Å². The average molecular weight is 356 g/mol. The van der Waals surface area contributed by atoms with Gasteiger partial charge < -0.3 is 5.32 Å². The molecular formula is C17H26BrNS. The molecular weight excluding hydrogens is 330 g/mol. The van der Waals surface area contributed by atoms with E-state index in [1.54, 1.807) is 10.4 Å². The van der Waals surface area contributed by atoms with Crippen molar-refractivity contribution in [2.45, 2.75) is 64.3 Å². The lowest BCUT2D eigenvalue weighted by Gasteiger charge is -2.28. The maximum Gasteiger partial charge on any atom is 0.0704 e. The molecule has 0 aromatic carbocycles. The molecule has 112 valence electrons. The van der Waals surface area contributed by atoms with Gasteiger partial charge in [-0.25, -0.2) is 0 Å². The molecule has 1 heterocycles. The highest BCUT2D eigenvalue weighted by Gasteiger charge is 2.23. The standard InChI is InChI=1S/C17H26BrNS/c1-12-5-7-13(8-6-12)9-10-19-15-3-2-4-16-14(15)11-17(18)20-16/h11-13,15,19H,2-10H2,1H3. The Morgan fingerprint density at radius 1 is 1.25 bits per heavy atom. The first-order valence-electron chi connectivity index (χ1n) is 8.24. The van der Waals surface area contributed by atoms with Gasteiger partial charge in [0.25, 0.3) is 0 Å². The number of hydrogen-bond donors (Lipinski definition) is 1. The lowest BCUT2D eigenvalue weighted by Crippen LogP contribution is -2.27. The van der Waals surface area contributed by atoms with E-state index in [9.17, 15) is 0 Å². The molecule has 20 heavy (non-hydrogen) atoms. The van der Waals surface area contributed by atoms with Gasteiger partial charge in [0.2, 0.25) is 0 Å². The summed E-state index contributed by atoms with van der Waals surface area (Å²) in [6.45, 7) is 3.61. The van der Waals surface area contributed by atoms with Crippen molar-refractivity contribution in [3.8, 4) is 0 Å². The van der Waals surface area contributed by atoms with Gasteiger partial charge in [-0.1, -0.05) is 32.6 Å². The fraction of sp³-hybridized carbons (Fsp3) is 0.765. The third kappa shape index (κ3) is 3.66. The topological polar surface area (TPSA) is 12.0 Å². The second-order valence-electron chi connectivity index (χ2n) is 6.74. The molecule has 1 saturated carbocycles. The first-order chi connectivity index (χ1) is 9.72. The fourth-order valence-electron chi connectivity index (χ4n) is 3.81. The fourth-order valence-corrected chi connectivity index (χ4v) is 5.63. The maximum absolute atomic E-state index is 3.84. The highest BCUT2D eigenvalue weighted by atomic mass is 79.9. The second kappa shape index (κ2) is 6.93. The molecule has 2 aliphatic carbocycles. The van der Waals surface area contributed by atoms with Crippen LogP contribution in [0.1, 0.15) is 68.4 Å². The summed E-state index contributed by atoms with van der Waals surface area (Å²) >= 11 is 5.58. The smallest absolute Gasteiger partial charge is 0.0704 e. The van der Waals surface area contributed by atoms with Crippen molar-refractivity contribution in [1.82, 2.24) is 5.32 Å². The van der Waals surface area contributed by atoms with Crippen LogP contribution < -0.4 is 5.32 Å². The molecule has 1 N–H and O–H groups in total. The minimum absolute atomic E-state index is 0.615. The predicted molar refractivity (Wildman–Crippen MR) is 91.4 cm³/mol. The Labute approximate surface area is 135 Å². The zero-order valence-corrected chi connectivity index (χ0v) is 14.9. The monoisotopic (exact) mass is 355 g/mol. The largest absolute Gasteiger partial charge is 0.310 e. The predicted octanol–water partition coefficient (Wildman–Crippen LogP) is 5.69. The van der Waals surface area contributed by atoms with Crippen molar-refractivity contribution in [2.75, 3.05) is 6.54 Å². The molecule has 3 rings (SSSR count). The van der Waals surface area contributed by atoms with Gasteiger partial charge in [-0.05, 0) is 71.6 Å². The quantitative estimate of drug-likeness (QED) is 0.730. The SMILES string of the molecule is CC1CCC(CCNC2CCCc3sc(Br)cc32)CC1. The van der Waals surface area contributed by atoms with Gasteiger partial charge in [0.15, 0.2) is 0 Å². The molecule has 3 heteroatoms. The number of nitrogens with one attached hydrogen (secondary N) is 1. The number of thiophene rings is 1. The van der Waals surface area contributed by atoms with E-state index >= 15 is 0 Å². The van der Waals surface area contributed by atoms with E-state index in [1.165, 1.54) is 61.7 Å². The van der Waals surface area contributed by atoms with Crippen LogP contribution in [0.15, 0.2) is 9.85 Å². The van der Waals surface area contributed by atoms with Crippen molar-refractivity contribution in [3.05, 3.63) is 20.3 Å². The Morgan fingerprint density at radius 2 is 2.05 bits per heavy atom. The lowest BCUT2D eigenvalue weighted by molar-refractivity contribution is 0.271. The molecule has 1 atom stereocenters. The number of halogens is 1. The van der Waals surface area contributed by atoms with Gasteiger partial charge in [0.05, 0.1) is 3.79 Å². The van der Waals surface area contributed by atoms with Crippen LogP contribution in [0.4, 0.5) is 0 Å². The minimum Gasteiger partial charge on any atom is -0.310 e. The summed E-state index contributed by atoms with van der Waals surface area (Å²) in [6.07, 6.45) is 11.2. The molecule has 1 nitrogen and oxygen atoms in total. The Balaban J connectivity index is 1.47. The number of fused-ring (bicyclic) bond motifs is 1. The molecule has 1 aromatic heterocycles. The van der Waals surface area contributed by atoms with E-state index in [0.717, 1.165) is 11.8 Å². The van der Waals surface area contributed by atoms with Crippen molar-refractivity contribution in [2.24, 2.45) is 11.8 Å². The zero-order chi connectivity index (χ0) is 13.9. The molecule has 0 radical (unpaired) electrons. The molecule has 1 fully saturated rings. The van der Waals surface area contributed by atoms with Crippen LogP contribution >= 0.6 is 27.3 Å². The van der Waals surface area contributed by atoms with Crippen molar-refractivity contribution >= 4 is 27.3 Å². The summed E-state index contributed by atoms with van der Waals surface area (Å²) in [5, 5.41) is 3.84. The van der Waals surface area contributed by atoms with Crippen molar-refractivity contribution in [3.63, 3.8) is 0 Å². The summed E-state index contributed by atoms with van der Waals surface area (Å²) < 4.78 is 1.30. The van der Waals surface area contributed by atoms with E-state index in [-0.39, 0.29) is 0 Å². The van der Waals surface area contributed by atoms with E-state index in [1.807, 2.05) is 11.3 Å². The molecule has 0 bridgehead atoms. The van der Waals surface area contributed by atoms with Gasteiger partial charge in [-0.15, -0.1) is 11.3 Å². The number of rotatable bonds is 4. The minimum atomic E-state index is 0.615. The van der Waals surface area contributed by atoms with Crippen LogP contribution in [0.3, 0.4) is 0 Å². The summed E-state index contributed by atoms with van der Waals surface area (Å²) in [4.78, 5) is 1.60. The highest BCUT2D eigenvalue weighted by molar-refractivity contribution is 9.11. The van der Waals surface area contributed by atoms with Gasteiger partial charge in [0.1, 0.15) is 0 Å². The third-order valence-corrected chi connectivity index (χ3v) is 6.88. The van der Waals surface area contributed by atoms with Crippen LogP contribution in [0.5, 0.6) is 0 Å². The molecule has 0 saturated heterocycles. The molecule has 1 unspecified atom stereocenters. The highest BCUT2D eigenvalue weighted by Crippen LogP contribution is 2.38. The molecule has 0 spiro atoms. The van der Waals surface area contributed by atoms with E-state index in [4.69, 9.17) is 0 Å². The number of hydrogen-bond acceptors (Lipinski definition) is 2. The molecule has 1 aromatic rings. The van der Waals surface area contributed by atoms with Crippen molar-refractivity contribution in [1.29, 1.82) is 0 Å². The van der Waals surface area contributed by atoms with Gasteiger partial charge in [-0.2, -0.15) is 0 Å². The normalized spacial score (nSPS) is 30.2.